The summed E-state index contributed by atoms with van der Waals surface area (Å²) in [6, 6.07) is 17.9. The van der Waals surface area contributed by atoms with Crippen LogP contribution in [-0.4, -0.2) is 51.7 Å². The van der Waals surface area contributed by atoms with Crippen molar-refractivity contribution in [3.05, 3.63) is 60.2 Å². The van der Waals surface area contributed by atoms with Crippen LogP contribution in [0.1, 0.15) is 11.7 Å². The molecule has 0 bridgehead atoms. The number of hydrogen-bond acceptors (Lipinski definition) is 5. The van der Waals surface area contributed by atoms with Crippen molar-refractivity contribution in [1.82, 2.24) is 4.90 Å². The van der Waals surface area contributed by atoms with Gasteiger partial charge >= 0.3 is 0 Å². The summed E-state index contributed by atoms with van der Waals surface area (Å²) in [7, 11) is 3.36. The van der Waals surface area contributed by atoms with Crippen molar-refractivity contribution in [2.24, 2.45) is 0 Å². The Morgan fingerprint density at radius 1 is 1.04 bits per heavy atom. The highest BCUT2D eigenvalue weighted by Crippen LogP contribution is 2.33. The van der Waals surface area contributed by atoms with Gasteiger partial charge < -0.3 is 18.9 Å². The van der Waals surface area contributed by atoms with Gasteiger partial charge in [-0.05, 0) is 17.7 Å². The maximum Gasteiger partial charge on any atom is 0.162 e. The number of morpholine rings is 1. The highest BCUT2D eigenvalue weighted by molar-refractivity contribution is 5.85. The van der Waals surface area contributed by atoms with Gasteiger partial charge in [0.25, 0.3) is 0 Å². The molecule has 0 aromatic heterocycles. The Kier molecular flexibility index (Phi) is 8.19. The summed E-state index contributed by atoms with van der Waals surface area (Å²) in [5, 5.41) is 0. The third-order valence-electron chi connectivity index (χ3n) is 4.28. The first-order valence-electron chi connectivity index (χ1n) is 8.49. The molecular formula is C20H26ClNO4. The monoisotopic (exact) mass is 379 g/mol. The number of benzene rings is 2. The predicted molar refractivity (Wildman–Crippen MR) is 103 cm³/mol. The van der Waals surface area contributed by atoms with Crippen molar-refractivity contribution in [3.63, 3.8) is 0 Å². The van der Waals surface area contributed by atoms with E-state index < -0.39 is 0 Å². The first-order valence-corrected chi connectivity index (χ1v) is 8.49. The van der Waals surface area contributed by atoms with Crippen LogP contribution in [-0.2, 0) is 9.47 Å². The number of halogens is 1. The molecule has 0 N–H and O–H groups in total. The zero-order chi connectivity index (χ0) is 17.5. The molecule has 1 heterocycles. The summed E-state index contributed by atoms with van der Waals surface area (Å²) in [5.41, 5.74) is 1.08. The summed E-state index contributed by atoms with van der Waals surface area (Å²) in [6.07, 6.45) is -0.312. The highest BCUT2D eigenvalue weighted by Gasteiger charge is 2.31. The smallest absolute Gasteiger partial charge is 0.162 e. The molecule has 2 unspecified atom stereocenters. The van der Waals surface area contributed by atoms with Gasteiger partial charge in [0.05, 0.1) is 20.4 Å². The fourth-order valence-corrected chi connectivity index (χ4v) is 3.07. The summed E-state index contributed by atoms with van der Waals surface area (Å²) in [5.74, 6) is 1.43. The molecule has 6 heteroatoms. The fraction of sp³-hybridized carbons (Fsp3) is 0.400. The Morgan fingerprint density at radius 2 is 1.73 bits per heavy atom. The van der Waals surface area contributed by atoms with Crippen LogP contribution in [0.25, 0.3) is 0 Å². The minimum atomic E-state index is -0.225. The van der Waals surface area contributed by atoms with Crippen molar-refractivity contribution in [1.29, 1.82) is 0 Å². The molecule has 0 amide bonds. The molecule has 5 nitrogen and oxygen atoms in total. The van der Waals surface area contributed by atoms with Crippen LogP contribution in [0, 0.1) is 0 Å². The van der Waals surface area contributed by atoms with Gasteiger partial charge in [-0.1, -0.05) is 42.5 Å². The average molecular weight is 380 g/mol. The topological polar surface area (TPSA) is 40.2 Å². The van der Waals surface area contributed by atoms with Gasteiger partial charge in [-0.2, -0.15) is 0 Å². The van der Waals surface area contributed by atoms with E-state index >= 15 is 0 Å². The molecule has 0 radical (unpaired) electrons. The van der Waals surface area contributed by atoms with Crippen LogP contribution < -0.4 is 9.47 Å². The van der Waals surface area contributed by atoms with Gasteiger partial charge in [0.2, 0.25) is 0 Å². The molecule has 2 aromatic rings. The van der Waals surface area contributed by atoms with E-state index in [0.29, 0.717) is 24.8 Å². The van der Waals surface area contributed by atoms with E-state index in [-0.39, 0.29) is 24.6 Å². The van der Waals surface area contributed by atoms with Gasteiger partial charge in [-0.15, -0.1) is 12.4 Å². The van der Waals surface area contributed by atoms with E-state index in [0.717, 1.165) is 18.7 Å². The van der Waals surface area contributed by atoms with Crippen molar-refractivity contribution in [2.75, 3.05) is 40.6 Å². The lowest BCUT2D eigenvalue weighted by Gasteiger charge is -2.36. The van der Waals surface area contributed by atoms with Crippen LogP contribution in [0.2, 0.25) is 0 Å². The Labute approximate surface area is 161 Å². The summed E-state index contributed by atoms with van der Waals surface area (Å²) < 4.78 is 23.1. The second kappa shape index (κ2) is 10.4. The van der Waals surface area contributed by atoms with Gasteiger partial charge in [-0.3, -0.25) is 4.90 Å². The van der Waals surface area contributed by atoms with E-state index in [1.54, 1.807) is 14.2 Å². The van der Waals surface area contributed by atoms with E-state index in [9.17, 15) is 0 Å². The summed E-state index contributed by atoms with van der Waals surface area (Å²) in [4.78, 5) is 2.23. The van der Waals surface area contributed by atoms with Crippen molar-refractivity contribution in [2.45, 2.75) is 12.2 Å². The predicted octanol–water partition coefficient (Wildman–Crippen LogP) is 3.54. The third kappa shape index (κ3) is 5.11. The van der Waals surface area contributed by atoms with E-state index in [1.807, 2.05) is 42.5 Å². The van der Waals surface area contributed by atoms with Gasteiger partial charge in [0.1, 0.15) is 6.10 Å². The number of rotatable bonds is 7. The Balaban J connectivity index is 0.00000243. The molecule has 2 aromatic carbocycles. The molecule has 1 fully saturated rings. The maximum absolute atomic E-state index is 6.37. The second-order valence-corrected chi connectivity index (χ2v) is 6.00. The lowest BCUT2D eigenvalue weighted by molar-refractivity contribution is -0.102. The fourth-order valence-electron chi connectivity index (χ4n) is 3.07. The number of nitrogens with zero attached hydrogens (tertiary/aromatic N) is 1. The first kappa shape index (κ1) is 20.5. The third-order valence-corrected chi connectivity index (χ3v) is 4.28. The Bertz CT molecular complexity index is 653. The normalized spacial score (nSPS) is 18.6. The molecule has 1 aliphatic rings. The van der Waals surface area contributed by atoms with E-state index in [4.69, 9.17) is 18.9 Å². The zero-order valence-electron chi connectivity index (χ0n) is 15.2. The number of methoxy groups -OCH3 is 2. The Morgan fingerprint density at radius 3 is 2.42 bits per heavy atom. The minimum absolute atomic E-state index is 0. The largest absolute Gasteiger partial charge is 0.493 e. The van der Waals surface area contributed by atoms with Crippen LogP contribution in [0.4, 0.5) is 0 Å². The summed E-state index contributed by atoms with van der Waals surface area (Å²) in [6.45, 7) is 2.87. The number of ether oxygens (including phenoxy) is 4. The number of hydrogen-bond donors (Lipinski definition) is 0. The molecule has 3 rings (SSSR count). The molecule has 1 aliphatic heterocycles. The molecule has 142 valence electrons. The lowest BCUT2D eigenvalue weighted by Crippen LogP contribution is -2.46. The standard InChI is InChI=1S/C20H25NO4.ClH/c1-22-15-21-12-13-24-19(14-21)20(16-8-4-3-5-9-16)25-18-11-7-6-10-17(18)23-2;/h3-11,19-20H,12-15H2,1-2H3;1H. The Hall–Kier alpha value is -1.79. The van der Waals surface area contributed by atoms with Gasteiger partial charge in [0, 0.05) is 20.2 Å². The average Bonchev–Trinajstić information content (AvgIpc) is 2.67. The molecular weight excluding hydrogens is 354 g/mol. The van der Waals surface area contributed by atoms with E-state index in [1.165, 1.54) is 0 Å². The summed E-state index contributed by atoms with van der Waals surface area (Å²) >= 11 is 0. The lowest BCUT2D eigenvalue weighted by atomic mass is 10.0. The quantitative estimate of drug-likeness (QED) is 0.735. The van der Waals surface area contributed by atoms with Gasteiger partial charge in [-0.25, -0.2) is 0 Å². The SMILES string of the molecule is COCN1CCOC(C(Oc2ccccc2OC)c2ccccc2)C1.Cl. The zero-order valence-corrected chi connectivity index (χ0v) is 16.0. The van der Waals surface area contributed by atoms with Crippen LogP contribution in [0.5, 0.6) is 11.5 Å². The van der Waals surface area contributed by atoms with Crippen molar-refractivity contribution < 1.29 is 18.9 Å². The maximum atomic E-state index is 6.37. The second-order valence-electron chi connectivity index (χ2n) is 6.00. The molecule has 26 heavy (non-hydrogen) atoms. The van der Waals surface area contributed by atoms with E-state index in [2.05, 4.69) is 17.0 Å². The van der Waals surface area contributed by atoms with Crippen LogP contribution in [0.15, 0.2) is 54.6 Å². The molecule has 0 aliphatic carbocycles. The van der Waals surface area contributed by atoms with Crippen molar-refractivity contribution >= 4 is 12.4 Å². The van der Waals surface area contributed by atoms with Gasteiger partial charge in [0.15, 0.2) is 17.6 Å². The first-order chi connectivity index (χ1) is 12.3. The van der Waals surface area contributed by atoms with Crippen molar-refractivity contribution in [3.8, 4) is 11.5 Å². The molecule has 0 spiro atoms. The van der Waals surface area contributed by atoms with Crippen LogP contribution in [0.3, 0.4) is 0 Å². The number of para-hydroxylation sites is 2. The van der Waals surface area contributed by atoms with Crippen LogP contribution >= 0.6 is 12.4 Å². The molecule has 2 atom stereocenters. The molecule has 1 saturated heterocycles. The highest BCUT2D eigenvalue weighted by atomic mass is 35.5. The molecule has 0 saturated carbocycles. The minimum Gasteiger partial charge on any atom is -0.493 e.